The first kappa shape index (κ1) is 14.2. The van der Waals surface area contributed by atoms with E-state index in [1.54, 1.807) is 0 Å². The van der Waals surface area contributed by atoms with Crippen LogP contribution < -0.4 is 0 Å². The first-order valence-electron chi connectivity index (χ1n) is 5.67. The van der Waals surface area contributed by atoms with Gasteiger partial charge >= 0.3 is 5.97 Å². The number of hydrogen-bond acceptors (Lipinski definition) is 2. The molecule has 0 aromatic heterocycles. The fourth-order valence-corrected chi connectivity index (χ4v) is 2.15. The Morgan fingerprint density at radius 3 is 2.35 bits per heavy atom. The number of rotatable bonds is 5. The molecular weight excluding hydrogens is 282 g/mol. The molecule has 4 heteroatoms. The third-order valence-corrected chi connectivity index (χ3v) is 3.66. The number of carboxylic acid groups (broad SMARTS) is 1. The molecule has 0 bridgehead atoms. The van der Waals surface area contributed by atoms with Crippen molar-refractivity contribution in [3.05, 3.63) is 34.3 Å². The van der Waals surface area contributed by atoms with Gasteiger partial charge < -0.3 is 5.11 Å². The quantitative estimate of drug-likeness (QED) is 0.907. The molecule has 0 fully saturated rings. The molecule has 0 spiro atoms. The SMILES string of the molecule is CCC(C(=O)O)N(C)C(C)c1ccc(Br)cc1. The van der Waals surface area contributed by atoms with Gasteiger partial charge in [-0.2, -0.15) is 0 Å². The van der Waals surface area contributed by atoms with Crippen LogP contribution in [0.25, 0.3) is 0 Å². The first-order valence-corrected chi connectivity index (χ1v) is 6.46. The predicted octanol–water partition coefficient (Wildman–Crippen LogP) is 3.31. The van der Waals surface area contributed by atoms with E-state index >= 15 is 0 Å². The van der Waals surface area contributed by atoms with E-state index in [4.69, 9.17) is 5.11 Å². The molecule has 3 nitrogen and oxygen atoms in total. The van der Waals surface area contributed by atoms with Crippen LogP contribution in [0.2, 0.25) is 0 Å². The Labute approximate surface area is 111 Å². The van der Waals surface area contributed by atoms with Gasteiger partial charge in [-0.05, 0) is 38.1 Å². The van der Waals surface area contributed by atoms with E-state index in [2.05, 4.69) is 15.9 Å². The number of aliphatic carboxylic acids is 1. The maximum atomic E-state index is 11.1. The molecule has 0 heterocycles. The number of benzene rings is 1. The second-order valence-electron chi connectivity index (χ2n) is 4.16. The zero-order chi connectivity index (χ0) is 13.0. The summed E-state index contributed by atoms with van der Waals surface area (Å²) in [6.45, 7) is 3.92. The smallest absolute Gasteiger partial charge is 0.320 e. The molecule has 0 aliphatic rings. The Bertz CT molecular complexity index is 378. The summed E-state index contributed by atoms with van der Waals surface area (Å²) in [7, 11) is 1.86. The predicted molar refractivity (Wildman–Crippen MR) is 72.0 cm³/mol. The fourth-order valence-electron chi connectivity index (χ4n) is 1.88. The normalized spacial score (nSPS) is 14.6. The van der Waals surface area contributed by atoms with Crippen LogP contribution in [0.4, 0.5) is 0 Å². The lowest BCUT2D eigenvalue weighted by atomic mass is 10.0. The minimum atomic E-state index is -0.765. The minimum absolute atomic E-state index is 0.0872. The van der Waals surface area contributed by atoms with Gasteiger partial charge in [0.25, 0.3) is 0 Å². The monoisotopic (exact) mass is 299 g/mol. The summed E-state index contributed by atoms with van der Waals surface area (Å²) < 4.78 is 1.03. The summed E-state index contributed by atoms with van der Waals surface area (Å²) in [6, 6.07) is 7.63. The van der Waals surface area contributed by atoms with Crippen molar-refractivity contribution in [2.45, 2.75) is 32.4 Å². The highest BCUT2D eigenvalue weighted by molar-refractivity contribution is 9.10. The van der Waals surface area contributed by atoms with E-state index in [1.165, 1.54) is 0 Å². The summed E-state index contributed by atoms with van der Waals surface area (Å²) in [6.07, 6.45) is 0.604. The van der Waals surface area contributed by atoms with Crippen LogP contribution in [0.5, 0.6) is 0 Å². The summed E-state index contributed by atoms with van der Waals surface area (Å²) in [5, 5.41) is 9.13. The number of carbonyl (C=O) groups is 1. The molecule has 17 heavy (non-hydrogen) atoms. The Kier molecular flexibility index (Phi) is 5.15. The number of halogens is 1. The molecule has 0 amide bonds. The van der Waals surface area contributed by atoms with E-state index in [9.17, 15) is 4.79 Å². The molecule has 0 saturated carbocycles. The largest absolute Gasteiger partial charge is 0.480 e. The highest BCUT2D eigenvalue weighted by atomic mass is 79.9. The number of hydrogen-bond donors (Lipinski definition) is 1. The Balaban J connectivity index is 2.84. The summed E-state index contributed by atoms with van der Waals surface area (Å²) in [5.74, 6) is -0.765. The van der Waals surface area contributed by atoms with Crippen LogP contribution in [-0.4, -0.2) is 29.1 Å². The van der Waals surface area contributed by atoms with E-state index in [-0.39, 0.29) is 6.04 Å². The lowest BCUT2D eigenvalue weighted by Crippen LogP contribution is -2.39. The zero-order valence-electron chi connectivity index (χ0n) is 10.4. The topological polar surface area (TPSA) is 40.5 Å². The fraction of sp³-hybridized carbons (Fsp3) is 0.462. The van der Waals surface area contributed by atoms with Crippen molar-refractivity contribution in [1.82, 2.24) is 4.90 Å². The van der Waals surface area contributed by atoms with Gasteiger partial charge in [0.05, 0.1) is 0 Å². The summed E-state index contributed by atoms with van der Waals surface area (Å²) in [4.78, 5) is 13.0. The Hall–Kier alpha value is -0.870. The molecular formula is C13H18BrNO2. The van der Waals surface area contributed by atoms with E-state index in [0.29, 0.717) is 6.42 Å². The van der Waals surface area contributed by atoms with Crippen molar-refractivity contribution < 1.29 is 9.90 Å². The van der Waals surface area contributed by atoms with E-state index < -0.39 is 12.0 Å². The van der Waals surface area contributed by atoms with Crippen molar-refractivity contribution >= 4 is 21.9 Å². The van der Waals surface area contributed by atoms with Crippen LogP contribution in [-0.2, 0) is 4.79 Å². The summed E-state index contributed by atoms with van der Waals surface area (Å²) >= 11 is 3.39. The van der Waals surface area contributed by atoms with Gasteiger partial charge in [0.1, 0.15) is 6.04 Å². The lowest BCUT2D eigenvalue weighted by Gasteiger charge is -2.30. The van der Waals surface area contributed by atoms with E-state index in [0.717, 1.165) is 10.0 Å². The van der Waals surface area contributed by atoms with Gasteiger partial charge in [0.2, 0.25) is 0 Å². The molecule has 0 radical (unpaired) electrons. The van der Waals surface area contributed by atoms with Gasteiger partial charge in [-0.25, -0.2) is 0 Å². The van der Waals surface area contributed by atoms with Gasteiger partial charge in [0, 0.05) is 10.5 Å². The average Bonchev–Trinajstić information content (AvgIpc) is 2.29. The standard InChI is InChI=1S/C13H18BrNO2/c1-4-12(13(16)17)15(3)9(2)10-5-7-11(14)8-6-10/h5-9,12H,4H2,1-3H3,(H,16,17). The highest BCUT2D eigenvalue weighted by Gasteiger charge is 2.25. The molecule has 1 aromatic carbocycles. The molecule has 0 saturated heterocycles. The molecule has 1 rings (SSSR count). The number of carboxylic acids is 1. The lowest BCUT2D eigenvalue weighted by molar-refractivity contribution is -0.143. The molecule has 0 aliphatic heterocycles. The molecule has 2 atom stereocenters. The van der Waals surface area contributed by atoms with Crippen molar-refractivity contribution in [1.29, 1.82) is 0 Å². The van der Waals surface area contributed by atoms with Crippen molar-refractivity contribution in [3.8, 4) is 0 Å². The van der Waals surface area contributed by atoms with Crippen LogP contribution in [0.3, 0.4) is 0 Å². The Morgan fingerprint density at radius 2 is 1.94 bits per heavy atom. The highest BCUT2D eigenvalue weighted by Crippen LogP contribution is 2.23. The molecule has 0 aliphatic carbocycles. The van der Waals surface area contributed by atoms with Gasteiger partial charge in [-0.3, -0.25) is 9.69 Å². The number of likely N-dealkylation sites (N-methyl/N-ethyl adjacent to an activating group) is 1. The molecule has 1 aromatic rings. The molecule has 1 N–H and O–H groups in total. The average molecular weight is 300 g/mol. The van der Waals surface area contributed by atoms with Crippen LogP contribution in [0.1, 0.15) is 31.9 Å². The maximum absolute atomic E-state index is 11.1. The van der Waals surface area contributed by atoms with Crippen molar-refractivity contribution in [2.24, 2.45) is 0 Å². The third-order valence-electron chi connectivity index (χ3n) is 3.13. The second kappa shape index (κ2) is 6.17. The number of nitrogens with zero attached hydrogens (tertiary/aromatic N) is 1. The maximum Gasteiger partial charge on any atom is 0.320 e. The van der Waals surface area contributed by atoms with E-state index in [1.807, 2.05) is 50.1 Å². The van der Waals surface area contributed by atoms with Crippen molar-refractivity contribution in [2.75, 3.05) is 7.05 Å². The molecule has 94 valence electrons. The van der Waals surface area contributed by atoms with Gasteiger partial charge in [-0.15, -0.1) is 0 Å². The minimum Gasteiger partial charge on any atom is -0.480 e. The zero-order valence-corrected chi connectivity index (χ0v) is 11.9. The van der Waals surface area contributed by atoms with Crippen LogP contribution >= 0.6 is 15.9 Å². The molecule has 2 unspecified atom stereocenters. The van der Waals surface area contributed by atoms with Gasteiger partial charge in [-0.1, -0.05) is 35.0 Å². The third kappa shape index (κ3) is 3.54. The van der Waals surface area contributed by atoms with Crippen molar-refractivity contribution in [3.63, 3.8) is 0 Å². The Morgan fingerprint density at radius 1 is 1.41 bits per heavy atom. The van der Waals surface area contributed by atoms with Gasteiger partial charge in [0.15, 0.2) is 0 Å². The van der Waals surface area contributed by atoms with Crippen LogP contribution in [0, 0.1) is 0 Å². The second-order valence-corrected chi connectivity index (χ2v) is 5.07. The summed E-state index contributed by atoms with van der Waals surface area (Å²) in [5.41, 5.74) is 1.12. The first-order chi connectivity index (χ1) is 7.97. The van der Waals surface area contributed by atoms with Crippen LogP contribution in [0.15, 0.2) is 28.7 Å².